The predicted molar refractivity (Wildman–Crippen MR) is 53.3 cm³/mol. The first kappa shape index (κ1) is 10.5. The number of hydrogen-bond acceptors (Lipinski definition) is 1. The monoisotopic (exact) mass is 201 g/mol. The Kier molecular flexibility index (Phi) is 2.64. The van der Waals surface area contributed by atoms with Gasteiger partial charge in [0.25, 0.3) is 0 Å². The summed E-state index contributed by atoms with van der Waals surface area (Å²) in [5.41, 5.74) is 6.92. The highest BCUT2D eigenvalue weighted by Gasteiger charge is 2.48. The second-order valence-corrected chi connectivity index (χ2v) is 3.65. The maximum Gasteiger partial charge on any atom is 0.123 e. The van der Waals surface area contributed by atoms with Gasteiger partial charge in [-0.15, -0.1) is 12.4 Å². The summed E-state index contributed by atoms with van der Waals surface area (Å²) in [5, 5.41) is 0. The van der Waals surface area contributed by atoms with Gasteiger partial charge in [0.2, 0.25) is 0 Å². The van der Waals surface area contributed by atoms with Crippen molar-refractivity contribution in [3.05, 3.63) is 35.6 Å². The first-order chi connectivity index (χ1) is 5.63. The third-order valence-corrected chi connectivity index (χ3v) is 2.74. The van der Waals surface area contributed by atoms with Crippen LogP contribution in [0.2, 0.25) is 0 Å². The Morgan fingerprint density at radius 2 is 1.85 bits per heavy atom. The Labute approximate surface area is 83.5 Å². The third kappa shape index (κ3) is 1.69. The number of nitrogens with two attached hydrogens (primary N) is 1. The van der Waals surface area contributed by atoms with Crippen molar-refractivity contribution in [2.75, 3.05) is 0 Å². The number of rotatable bonds is 1. The molecule has 0 aromatic heterocycles. The van der Waals surface area contributed by atoms with Crippen LogP contribution in [0.15, 0.2) is 24.3 Å². The van der Waals surface area contributed by atoms with Crippen molar-refractivity contribution in [2.24, 2.45) is 11.7 Å². The molecule has 0 unspecified atom stereocenters. The van der Waals surface area contributed by atoms with Crippen LogP contribution in [-0.4, -0.2) is 0 Å². The summed E-state index contributed by atoms with van der Waals surface area (Å²) >= 11 is 0. The Balaban J connectivity index is 0.000000845. The van der Waals surface area contributed by atoms with E-state index in [9.17, 15) is 4.39 Å². The molecule has 1 saturated carbocycles. The zero-order valence-electron chi connectivity index (χ0n) is 7.46. The topological polar surface area (TPSA) is 26.0 Å². The smallest absolute Gasteiger partial charge is 0.123 e. The maximum absolute atomic E-state index is 12.6. The van der Waals surface area contributed by atoms with Crippen molar-refractivity contribution in [2.45, 2.75) is 18.9 Å². The second kappa shape index (κ2) is 3.28. The molecular formula is C10H13ClFN. The van der Waals surface area contributed by atoms with Crippen LogP contribution in [0, 0.1) is 11.7 Å². The molecule has 0 aliphatic heterocycles. The fraction of sp³-hybridized carbons (Fsp3) is 0.400. The molecule has 1 nitrogen and oxygen atoms in total. The minimum absolute atomic E-state index is 0. The van der Waals surface area contributed by atoms with Gasteiger partial charge in [0.15, 0.2) is 0 Å². The lowest BCUT2D eigenvalue weighted by atomic mass is 10.0. The van der Waals surface area contributed by atoms with E-state index in [0.29, 0.717) is 5.92 Å². The molecule has 3 heteroatoms. The van der Waals surface area contributed by atoms with E-state index in [1.54, 1.807) is 12.1 Å². The van der Waals surface area contributed by atoms with Crippen molar-refractivity contribution in [3.63, 3.8) is 0 Å². The highest BCUT2D eigenvalue weighted by molar-refractivity contribution is 5.85. The van der Waals surface area contributed by atoms with Gasteiger partial charge in [-0.25, -0.2) is 4.39 Å². The average Bonchev–Trinajstić information content (AvgIpc) is 2.62. The van der Waals surface area contributed by atoms with Crippen molar-refractivity contribution in [1.29, 1.82) is 0 Å². The van der Waals surface area contributed by atoms with Crippen LogP contribution in [0.25, 0.3) is 0 Å². The molecule has 0 radical (unpaired) electrons. The summed E-state index contributed by atoms with van der Waals surface area (Å²) in [4.78, 5) is 0. The van der Waals surface area contributed by atoms with Gasteiger partial charge >= 0.3 is 0 Å². The highest BCUT2D eigenvalue weighted by atomic mass is 35.5. The molecule has 0 saturated heterocycles. The molecule has 0 heterocycles. The van der Waals surface area contributed by atoms with E-state index >= 15 is 0 Å². The van der Waals surface area contributed by atoms with Gasteiger partial charge in [-0.2, -0.15) is 0 Å². The molecule has 1 aliphatic rings. The van der Waals surface area contributed by atoms with E-state index in [4.69, 9.17) is 5.73 Å². The van der Waals surface area contributed by atoms with Gasteiger partial charge in [0, 0.05) is 5.54 Å². The van der Waals surface area contributed by atoms with Crippen LogP contribution >= 0.6 is 12.4 Å². The molecule has 1 aromatic carbocycles. The van der Waals surface area contributed by atoms with Crippen molar-refractivity contribution < 1.29 is 4.39 Å². The van der Waals surface area contributed by atoms with Crippen LogP contribution in [0.3, 0.4) is 0 Å². The van der Waals surface area contributed by atoms with Gasteiger partial charge in [0.05, 0.1) is 0 Å². The first-order valence-corrected chi connectivity index (χ1v) is 4.18. The van der Waals surface area contributed by atoms with Gasteiger partial charge in [-0.3, -0.25) is 0 Å². The zero-order chi connectivity index (χ0) is 8.77. The van der Waals surface area contributed by atoms with E-state index in [2.05, 4.69) is 6.92 Å². The summed E-state index contributed by atoms with van der Waals surface area (Å²) in [6, 6.07) is 6.49. The SMILES string of the molecule is C[C@@H]1C[C@@]1(N)c1ccc(F)cc1.Cl. The predicted octanol–water partition coefficient (Wildman–Crippen LogP) is 2.44. The molecule has 0 spiro atoms. The third-order valence-electron chi connectivity index (χ3n) is 2.74. The lowest BCUT2D eigenvalue weighted by molar-refractivity contribution is 0.620. The summed E-state index contributed by atoms with van der Waals surface area (Å²) in [6.07, 6.45) is 1.01. The summed E-state index contributed by atoms with van der Waals surface area (Å²) in [6.45, 7) is 2.11. The van der Waals surface area contributed by atoms with Gasteiger partial charge in [0.1, 0.15) is 5.82 Å². The van der Waals surface area contributed by atoms with Gasteiger partial charge in [-0.05, 0) is 30.0 Å². The lowest BCUT2D eigenvalue weighted by Gasteiger charge is -2.09. The fourth-order valence-electron chi connectivity index (χ4n) is 1.61. The Morgan fingerprint density at radius 1 is 1.38 bits per heavy atom. The zero-order valence-corrected chi connectivity index (χ0v) is 8.27. The van der Waals surface area contributed by atoms with Crippen LogP contribution < -0.4 is 5.73 Å². The Hall–Kier alpha value is -0.600. The van der Waals surface area contributed by atoms with Gasteiger partial charge < -0.3 is 5.73 Å². The molecular weight excluding hydrogens is 189 g/mol. The molecule has 13 heavy (non-hydrogen) atoms. The maximum atomic E-state index is 12.6. The molecule has 0 bridgehead atoms. The van der Waals surface area contributed by atoms with Crippen LogP contribution in [0.5, 0.6) is 0 Å². The lowest BCUT2D eigenvalue weighted by Crippen LogP contribution is -2.21. The average molecular weight is 202 g/mol. The molecule has 1 aliphatic carbocycles. The van der Waals surface area contributed by atoms with Crippen LogP contribution in [0.1, 0.15) is 18.9 Å². The number of halogens is 2. The molecule has 1 fully saturated rings. The fourth-order valence-corrected chi connectivity index (χ4v) is 1.61. The van der Waals surface area contributed by atoms with E-state index in [1.165, 1.54) is 12.1 Å². The first-order valence-electron chi connectivity index (χ1n) is 4.18. The summed E-state index contributed by atoms with van der Waals surface area (Å²) in [5.74, 6) is 0.332. The normalized spacial score (nSPS) is 30.8. The molecule has 2 rings (SSSR count). The number of benzene rings is 1. The molecule has 0 amide bonds. The van der Waals surface area contributed by atoms with Crippen LogP contribution in [-0.2, 0) is 5.54 Å². The highest BCUT2D eigenvalue weighted by Crippen LogP contribution is 2.48. The van der Waals surface area contributed by atoms with Crippen molar-refractivity contribution >= 4 is 12.4 Å². The van der Waals surface area contributed by atoms with Crippen molar-refractivity contribution in [1.82, 2.24) is 0 Å². The quantitative estimate of drug-likeness (QED) is 0.742. The standard InChI is InChI=1S/C10H12FN.ClH/c1-7-6-10(7,12)8-2-4-9(11)5-3-8;/h2-5,7H,6,12H2,1H3;1H/t7-,10+;/m1./s1. The van der Waals surface area contributed by atoms with E-state index in [-0.39, 0.29) is 23.8 Å². The van der Waals surface area contributed by atoms with E-state index in [0.717, 1.165) is 12.0 Å². The minimum Gasteiger partial charge on any atom is -0.321 e. The Morgan fingerprint density at radius 3 is 2.23 bits per heavy atom. The van der Waals surface area contributed by atoms with Crippen molar-refractivity contribution in [3.8, 4) is 0 Å². The largest absolute Gasteiger partial charge is 0.321 e. The number of hydrogen-bond donors (Lipinski definition) is 1. The molecule has 72 valence electrons. The molecule has 2 N–H and O–H groups in total. The van der Waals surface area contributed by atoms with E-state index < -0.39 is 0 Å². The second-order valence-electron chi connectivity index (χ2n) is 3.65. The van der Waals surface area contributed by atoms with Crippen LogP contribution in [0.4, 0.5) is 4.39 Å². The van der Waals surface area contributed by atoms with E-state index in [1.807, 2.05) is 0 Å². The molecule has 1 aromatic rings. The van der Waals surface area contributed by atoms with Gasteiger partial charge in [-0.1, -0.05) is 19.1 Å². The molecule has 2 atom stereocenters. The summed E-state index contributed by atoms with van der Waals surface area (Å²) < 4.78 is 12.6. The summed E-state index contributed by atoms with van der Waals surface area (Å²) in [7, 11) is 0. The minimum atomic E-state index is -0.198. The Bertz CT molecular complexity index is 298.